The summed E-state index contributed by atoms with van der Waals surface area (Å²) >= 11 is 6.08. The summed E-state index contributed by atoms with van der Waals surface area (Å²) in [4.78, 5) is 0. The smallest absolute Gasteiger partial charge is 0.180 e. The molecule has 18 heavy (non-hydrogen) atoms. The molecule has 0 aliphatic rings. The second kappa shape index (κ2) is 5.40. The standard InChI is InChI=1S/C15H16ClNO/c1-11-10-15(16)12(2)9-14(11)4-3-13-5-7-17(18)8-6-13/h5-10H,3-4H2,1-2H3. The van der Waals surface area contributed by atoms with Crippen molar-refractivity contribution in [3.8, 4) is 0 Å². The first-order valence-corrected chi connectivity index (χ1v) is 6.37. The van der Waals surface area contributed by atoms with Crippen molar-refractivity contribution in [1.82, 2.24) is 0 Å². The van der Waals surface area contributed by atoms with Gasteiger partial charge in [0.15, 0.2) is 12.4 Å². The molecule has 0 N–H and O–H groups in total. The molecule has 3 heteroatoms. The van der Waals surface area contributed by atoms with Gasteiger partial charge < -0.3 is 5.21 Å². The average Bonchev–Trinajstić information content (AvgIpc) is 2.34. The van der Waals surface area contributed by atoms with Crippen molar-refractivity contribution in [2.75, 3.05) is 0 Å². The molecular weight excluding hydrogens is 246 g/mol. The van der Waals surface area contributed by atoms with Crippen LogP contribution in [-0.4, -0.2) is 0 Å². The fourth-order valence-corrected chi connectivity index (χ4v) is 2.22. The van der Waals surface area contributed by atoms with Crippen LogP contribution in [0.5, 0.6) is 0 Å². The largest absolute Gasteiger partial charge is 0.619 e. The van der Waals surface area contributed by atoms with Crippen LogP contribution in [-0.2, 0) is 12.8 Å². The van der Waals surface area contributed by atoms with Crippen molar-refractivity contribution in [1.29, 1.82) is 0 Å². The first kappa shape index (κ1) is 12.9. The molecule has 0 amide bonds. The van der Waals surface area contributed by atoms with E-state index in [1.165, 1.54) is 29.1 Å². The quantitative estimate of drug-likeness (QED) is 0.615. The van der Waals surface area contributed by atoms with Crippen LogP contribution in [0.25, 0.3) is 0 Å². The molecule has 2 aromatic rings. The summed E-state index contributed by atoms with van der Waals surface area (Å²) in [6.45, 7) is 4.10. The highest BCUT2D eigenvalue weighted by Gasteiger charge is 2.04. The Morgan fingerprint density at radius 2 is 1.72 bits per heavy atom. The third-order valence-electron chi connectivity index (χ3n) is 3.17. The third-order valence-corrected chi connectivity index (χ3v) is 3.58. The lowest BCUT2D eigenvalue weighted by molar-refractivity contribution is -0.605. The van der Waals surface area contributed by atoms with Gasteiger partial charge in [0.05, 0.1) is 0 Å². The number of benzene rings is 1. The van der Waals surface area contributed by atoms with Gasteiger partial charge in [-0.3, -0.25) is 0 Å². The summed E-state index contributed by atoms with van der Waals surface area (Å²) in [5.74, 6) is 0. The molecule has 0 spiro atoms. The van der Waals surface area contributed by atoms with Crippen molar-refractivity contribution < 1.29 is 4.73 Å². The molecule has 0 aliphatic heterocycles. The topological polar surface area (TPSA) is 26.9 Å². The molecule has 0 aliphatic carbocycles. The van der Waals surface area contributed by atoms with Gasteiger partial charge in [-0.2, -0.15) is 4.73 Å². The minimum atomic E-state index is 0.807. The molecule has 0 atom stereocenters. The van der Waals surface area contributed by atoms with Crippen molar-refractivity contribution in [3.05, 3.63) is 69.1 Å². The summed E-state index contributed by atoms with van der Waals surface area (Å²) in [7, 11) is 0. The van der Waals surface area contributed by atoms with Crippen molar-refractivity contribution in [2.45, 2.75) is 26.7 Å². The molecule has 0 saturated carbocycles. The second-order valence-electron chi connectivity index (χ2n) is 4.59. The molecule has 0 bridgehead atoms. The number of halogens is 1. The summed E-state index contributed by atoms with van der Waals surface area (Å²) in [5, 5.41) is 11.8. The summed E-state index contributed by atoms with van der Waals surface area (Å²) < 4.78 is 0.807. The molecule has 0 fully saturated rings. The van der Waals surface area contributed by atoms with E-state index in [-0.39, 0.29) is 0 Å². The van der Waals surface area contributed by atoms with Crippen LogP contribution in [0.3, 0.4) is 0 Å². The van der Waals surface area contributed by atoms with E-state index in [2.05, 4.69) is 13.0 Å². The normalized spacial score (nSPS) is 10.6. The van der Waals surface area contributed by atoms with Crippen LogP contribution in [0.1, 0.15) is 22.3 Å². The van der Waals surface area contributed by atoms with E-state index in [1.807, 2.05) is 25.1 Å². The van der Waals surface area contributed by atoms with E-state index >= 15 is 0 Å². The maximum absolute atomic E-state index is 10.9. The Hall–Kier alpha value is -1.54. The first-order valence-electron chi connectivity index (χ1n) is 5.99. The van der Waals surface area contributed by atoms with Gasteiger partial charge in [-0.1, -0.05) is 17.7 Å². The predicted octanol–water partition coefficient (Wildman–Crippen LogP) is 3.38. The number of nitrogens with zero attached hydrogens (tertiary/aromatic N) is 1. The molecule has 1 heterocycles. The maximum Gasteiger partial charge on any atom is 0.180 e. The molecular formula is C15H16ClNO. The lowest BCUT2D eigenvalue weighted by Gasteiger charge is -2.09. The predicted molar refractivity (Wildman–Crippen MR) is 73.7 cm³/mol. The van der Waals surface area contributed by atoms with Crippen LogP contribution in [0.2, 0.25) is 5.02 Å². The number of hydrogen-bond donors (Lipinski definition) is 0. The minimum absolute atomic E-state index is 0.807. The van der Waals surface area contributed by atoms with E-state index in [9.17, 15) is 5.21 Å². The van der Waals surface area contributed by atoms with Gasteiger partial charge in [-0.05, 0) is 55.0 Å². The Kier molecular flexibility index (Phi) is 3.87. The summed E-state index contributed by atoms with van der Waals surface area (Å²) in [5.41, 5.74) is 4.83. The Labute approximate surface area is 112 Å². The van der Waals surface area contributed by atoms with Gasteiger partial charge >= 0.3 is 0 Å². The number of aryl methyl sites for hydroxylation is 4. The number of rotatable bonds is 3. The van der Waals surface area contributed by atoms with Crippen molar-refractivity contribution in [2.24, 2.45) is 0 Å². The van der Waals surface area contributed by atoms with Crippen LogP contribution in [0.15, 0.2) is 36.7 Å². The molecule has 2 nitrogen and oxygen atoms in total. The van der Waals surface area contributed by atoms with E-state index < -0.39 is 0 Å². The van der Waals surface area contributed by atoms with Crippen molar-refractivity contribution in [3.63, 3.8) is 0 Å². The van der Waals surface area contributed by atoms with Gasteiger partial charge in [0.2, 0.25) is 0 Å². The molecule has 0 radical (unpaired) electrons. The van der Waals surface area contributed by atoms with Gasteiger partial charge in [0.1, 0.15) is 0 Å². The molecule has 1 aromatic heterocycles. The van der Waals surface area contributed by atoms with Gasteiger partial charge in [0, 0.05) is 17.2 Å². The number of pyridine rings is 1. The molecule has 1 aromatic carbocycles. The summed E-state index contributed by atoms with van der Waals surface area (Å²) in [6, 6.07) is 7.90. The minimum Gasteiger partial charge on any atom is -0.619 e. The first-order chi connectivity index (χ1) is 8.56. The zero-order valence-corrected chi connectivity index (χ0v) is 11.4. The van der Waals surface area contributed by atoms with E-state index in [0.717, 1.165) is 28.2 Å². The highest BCUT2D eigenvalue weighted by atomic mass is 35.5. The number of hydrogen-bond acceptors (Lipinski definition) is 1. The molecule has 2 rings (SSSR count). The lowest BCUT2D eigenvalue weighted by Crippen LogP contribution is -2.23. The lowest BCUT2D eigenvalue weighted by atomic mass is 9.99. The molecule has 0 unspecified atom stereocenters. The van der Waals surface area contributed by atoms with Crippen LogP contribution < -0.4 is 4.73 Å². The highest BCUT2D eigenvalue weighted by molar-refractivity contribution is 6.31. The average molecular weight is 262 g/mol. The van der Waals surface area contributed by atoms with Crippen LogP contribution >= 0.6 is 11.6 Å². The Morgan fingerprint density at radius 3 is 2.39 bits per heavy atom. The van der Waals surface area contributed by atoms with E-state index in [0.29, 0.717) is 0 Å². The van der Waals surface area contributed by atoms with Gasteiger partial charge in [-0.25, -0.2) is 0 Å². The van der Waals surface area contributed by atoms with Crippen LogP contribution in [0, 0.1) is 19.1 Å². The summed E-state index contributed by atoms with van der Waals surface area (Å²) in [6.07, 6.45) is 4.97. The fourth-order valence-electron chi connectivity index (χ4n) is 2.00. The number of aromatic nitrogens is 1. The zero-order chi connectivity index (χ0) is 13.1. The SMILES string of the molecule is Cc1cc(CCc2cc[n+]([O-])cc2)c(C)cc1Cl. The highest BCUT2D eigenvalue weighted by Crippen LogP contribution is 2.21. The zero-order valence-electron chi connectivity index (χ0n) is 10.6. The van der Waals surface area contributed by atoms with E-state index in [4.69, 9.17) is 11.6 Å². The maximum atomic E-state index is 10.9. The monoisotopic (exact) mass is 261 g/mol. The van der Waals surface area contributed by atoms with Crippen molar-refractivity contribution >= 4 is 11.6 Å². The van der Waals surface area contributed by atoms with Gasteiger partial charge in [-0.15, -0.1) is 0 Å². The van der Waals surface area contributed by atoms with Crippen LogP contribution in [0.4, 0.5) is 0 Å². The van der Waals surface area contributed by atoms with Gasteiger partial charge in [0.25, 0.3) is 0 Å². The Balaban J connectivity index is 2.10. The molecule has 94 valence electrons. The second-order valence-corrected chi connectivity index (χ2v) is 5.00. The fraction of sp³-hybridized carbons (Fsp3) is 0.267. The van der Waals surface area contributed by atoms with E-state index in [1.54, 1.807) is 0 Å². The Bertz CT molecular complexity index is 549. The third kappa shape index (κ3) is 3.02. The Morgan fingerprint density at radius 1 is 1.06 bits per heavy atom. The molecule has 0 saturated heterocycles.